The average Bonchev–Trinajstić information content (AvgIpc) is 3.33. The van der Waals surface area contributed by atoms with E-state index in [0.29, 0.717) is 36.3 Å². The average molecular weight is 454 g/mol. The lowest BCUT2D eigenvalue weighted by molar-refractivity contribution is -0.122. The maximum absolute atomic E-state index is 13.6. The van der Waals surface area contributed by atoms with Crippen LogP contribution in [0.25, 0.3) is 0 Å². The van der Waals surface area contributed by atoms with Gasteiger partial charge in [-0.1, -0.05) is 54.6 Å². The van der Waals surface area contributed by atoms with Gasteiger partial charge in [-0.05, 0) is 54.7 Å². The molecule has 3 amide bonds. The van der Waals surface area contributed by atoms with E-state index in [9.17, 15) is 14.4 Å². The summed E-state index contributed by atoms with van der Waals surface area (Å²) in [5.74, 6) is -0.378. The second-order valence-corrected chi connectivity index (χ2v) is 8.86. The predicted octanol–water partition coefficient (Wildman–Crippen LogP) is 4.08. The molecule has 2 aliphatic heterocycles. The van der Waals surface area contributed by atoms with Crippen molar-refractivity contribution in [3.8, 4) is 0 Å². The normalized spacial score (nSPS) is 17.3. The van der Waals surface area contributed by atoms with Crippen molar-refractivity contribution in [3.63, 3.8) is 0 Å². The van der Waals surface area contributed by atoms with Gasteiger partial charge in [0.25, 0.3) is 11.8 Å². The van der Waals surface area contributed by atoms with Crippen molar-refractivity contribution in [1.29, 1.82) is 0 Å². The second-order valence-electron chi connectivity index (χ2n) is 8.86. The fourth-order valence-electron chi connectivity index (χ4n) is 4.90. The van der Waals surface area contributed by atoms with Gasteiger partial charge in [0.2, 0.25) is 5.91 Å². The van der Waals surface area contributed by atoms with E-state index in [1.807, 2.05) is 67.6 Å². The van der Waals surface area contributed by atoms with Crippen molar-refractivity contribution in [1.82, 2.24) is 10.2 Å². The molecule has 2 heterocycles. The highest BCUT2D eigenvalue weighted by atomic mass is 16.2. The molecule has 0 saturated carbocycles. The van der Waals surface area contributed by atoms with Gasteiger partial charge in [0.15, 0.2) is 0 Å². The lowest BCUT2D eigenvalue weighted by Crippen LogP contribution is -2.44. The minimum atomic E-state index is -0.457. The number of para-hydroxylation sites is 1. The monoisotopic (exact) mass is 453 g/mol. The van der Waals surface area contributed by atoms with Crippen LogP contribution in [0.4, 0.5) is 5.69 Å². The Kier molecular flexibility index (Phi) is 5.88. The van der Waals surface area contributed by atoms with Crippen LogP contribution in [0.15, 0.2) is 72.8 Å². The third kappa shape index (κ3) is 3.96. The molecule has 3 aromatic carbocycles. The Labute approximate surface area is 199 Å². The zero-order valence-electron chi connectivity index (χ0n) is 19.2. The molecule has 2 aliphatic rings. The number of amides is 3. The Balaban J connectivity index is 1.45. The van der Waals surface area contributed by atoms with Gasteiger partial charge in [-0.25, -0.2) is 0 Å². The summed E-state index contributed by atoms with van der Waals surface area (Å²) in [5.41, 5.74) is 4.58. The predicted molar refractivity (Wildman–Crippen MR) is 130 cm³/mol. The van der Waals surface area contributed by atoms with Crippen molar-refractivity contribution in [2.24, 2.45) is 0 Å². The molecule has 6 heteroatoms. The minimum Gasteiger partial charge on any atom is -0.348 e. The number of hydrogen-bond donors (Lipinski definition) is 1. The van der Waals surface area contributed by atoms with E-state index in [4.69, 9.17) is 0 Å². The van der Waals surface area contributed by atoms with Crippen LogP contribution in [0, 0.1) is 6.92 Å². The summed E-state index contributed by atoms with van der Waals surface area (Å²) >= 11 is 0. The van der Waals surface area contributed by atoms with Gasteiger partial charge in [-0.15, -0.1) is 0 Å². The molecule has 1 unspecified atom stereocenters. The van der Waals surface area contributed by atoms with E-state index >= 15 is 0 Å². The van der Waals surface area contributed by atoms with Gasteiger partial charge in [-0.2, -0.15) is 0 Å². The Hall–Kier alpha value is -3.93. The summed E-state index contributed by atoms with van der Waals surface area (Å²) in [6.07, 6.45) is 1.48. The number of hydrogen-bond acceptors (Lipinski definition) is 3. The van der Waals surface area contributed by atoms with E-state index in [1.54, 1.807) is 21.9 Å². The lowest BCUT2D eigenvalue weighted by Gasteiger charge is -2.26. The van der Waals surface area contributed by atoms with Crippen LogP contribution >= 0.6 is 0 Å². The van der Waals surface area contributed by atoms with Gasteiger partial charge in [0, 0.05) is 18.7 Å². The first-order valence-electron chi connectivity index (χ1n) is 11.7. The number of nitrogens with one attached hydrogen (secondary N) is 1. The van der Waals surface area contributed by atoms with E-state index in [-0.39, 0.29) is 24.3 Å². The molecule has 3 aromatic rings. The molecular formula is C28H27N3O3. The first-order valence-corrected chi connectivity index (χ1v) is 11.7. The van der Waals surface area contributed by atoms with Crippen LogP contribution in [0.2, 0.25) is 0 Å². The number of rotatable bonds is 5. The molecule has 0 bridgehead atoms. The van der Waals surface area contributed by atoms with E-state index in [0.717, 1.165) is 23.1 Å². The maximum atomic E-state index is 13.6. The first kappa shape index (κ1) is 21.9. The van der Waals surface area contributed by atoms with Crippen molar-refractivity contribution < 1.29 is 14.4 Å². The highest BCUT2D eigenvalue weighted by Crippen LogP contribution is 2.33. The third-order valence-electron chi connectivity index (χ3n) is 6.78. The molecule has 1 fully saturated rings. The van der Waals surface area contributed by atoms with Crippen LogP contribution < -0.4 is 10.2 Å². The van der Waals surface area contributed by atoms with Crippen LogP contribution in [0.3, 0.4) is 0 Å². The van der Waals surface area contributed by atoms with Crippen molar-refractivity contribution >= 4 is 23.4 Å². The summed E-state index contributed by atoms with van der Waals surface area (Å²) < 4.78 is 0. The number of anilines is 1. The van der Waals surface area contributed by atoms with Gasteiger partial charge >= 0.3 is 0 Å². The fraction of sp³-hybridized carbons (Fsp3) is 0.250. The number of aryl methyl sites for hydroxylation is 1. The summed E-state index contributed by atoms with van der Waals surface area (Å²) in [6, 6.07) is 22.1. The summed E-state index contributed by atoms with van der Waals surface area (Å²) in [4.78, 5) is 43.3. The molecule has 0 aliphatic carbocycles. The number of benzene rings is 3. The van der Waals surface area contributed by atoms with E-state index in [1.165, 1.54) is 0 Å². The number of fused-ring (bicyclic) bond motifs is 2. The van der Waals surface area contributed by atoms with Gasteiger partial charge in [0.05, 0.1) is 17.8 Å². The maximum Gasteiger partial charge on any atom is 0.256 e. The molecule has 1 saturated heterocycles. The number of carbonyl (C=O) groups is 3. The number of nitrogens with zero attached hydrogens (tertiary/aromatic N) is 2. The minimum absolute atomic E-state index is 0.0917. The standard InChI is InChI=1S/C28H27N3O3/c1-19-9-2-3-10-20(19)17-29-26(32)22-12-5-4-11-21(22)18-31-24-14-7-6-13-23(24)27(33)30-16-8-15-25(30)28(31)34/h2-7,9-14,25H,8,15-18H2,1H3,(H,29,32). The van der Waals surface area contributed by atoms with E-state index in [2.05, 4.69) is 5.32 Å². The molecule has 0 spiro atoms. The van der Waals surface area contributed by atoms with Crippen LogP contribution in [0.1, 0.15) is 50.2 Å². The largest absolute Gasteiger partial charge is 0.348 e. The topological polar surface area (TPSA) is 69.7 Å². The molecule has 0 radical (unpaired) electrons. The SMILES string of the molecule is Cc1ccccc1CNC(=O)c1ccccc1CN1C(=O)C2CCCN2C(=O)c2ccccc21. The van der Waals surface area contributed by atoms with Crippen LogP contribution in [0.5, 0.6) is 0 Å². The Morgan fingerprint density at radius 3 is 2.47 bits per heavy atom. The summed E-state index contributed by atoms with van der Waals surface area (Å²) in [7, 11) is 0. The van der Waals surface area contributed by atoms with Gasteiger partial charge in [0.1, 0.15) is 6.04 Å². The molecule has 34 heavy (non-hydrogen) atoms. The molecule has 172 valence electrons. The summed E-state index contributed by atoms with van der Waals surface area (Å²) in [6.45, 7) is 3.26. The van der Waals surface area contributed by atoms with Gasteiger partial charge < -0.3 is 15.1 Å². The zero-order valence-corrected chi connectivity index (χ0v) is 19.2. The fourth-order valence-corrected chi connectivity index (χ4v) is 4.90. The first-order chi connectivity index (χ1) is 16.5. The molecule has 1 N–H and O–H groups in total. The summed E-state index contributed by atoms with van der Waals surface area (Å²) in [5, 5.41) is 3.02. The Morgan fingerprint density at radius 2 is 1.65 bits per heavy atom. The molecule has 6 nitrogen and oxygen atoms in total. The molecule has 5 rings (SSSR count). The molecule has 0 aromatic heterocycles. The highest BCUT2D eigenvalue weighted by molar-refractivity contribution is 6.11. The van der Waals surface area contributed by atoms with E-state index < -0.39 is 6.04 Å². The van der Waals surface area contributed by atoms with Gasteiger partial charge in [-0.3, -0.25) is 14.4 Å². The van der Waals surface area contributed by atoms with Crippen molar-refractivity contribution in [3.05, 3.63) is 101 Å². The van der Waals surface area contributed by atoms with Crippen molar-refractivity contribution in [2.75, 3.05) is 11.4 Å². The Morgan fingerprint density at radius 1 is 0.941 bits per heavy atom. The Bertz CT molecular complexity index is 1270. The quantitative estimate of drug-likeness (QED) is 0.633. The zero-order chi connectivity index (χ0) is 23.7. The van der Waals surface area contributed by atoms with Crippen molar-refractivity contribution in [2.45, 2.75) is 38.9 Å². The van der Waals surface area contributed by atoms with Crippen LogP contribution in [-0.2, 0) is 17.9 Å². The molecule has 1 atom stereocenters. The second kappa shape index (κ2) is 9.14. The third-order valence-corrected chi connectivity index (χ3v) is 6.78. The molecular weight excluding hydrogens is 426 g/mol. The highest BCUT2D eigenvalue weighted by Gasteiger charge is 2.42. The van der Waals surface area contributed by atoms with Crippen LogP contribution in [-0.4, -0.2) is 35.2 Å². The lowest BCUT2D eigenvalue weighted by atomic mass is 10.0. The smallest absolute Gasteiger partial charge is 0.256 e. The number of carbonyl (C=O) groups excluding carboxylic acids is 3.